The number of aryl methyl sites for hydroxylation is 1. The van der Waals surface area contributed by atoms with Gasteiger partial charge >= 0.3 is 0 Å². The molecule has 1 aromatic carbocycles. The average Bonchev–Trinajstić information content (AvgIpc) is 3.20. The maximum absolute atomic E-state index is 4.75. The molecular formula is C19H26N6. The van der Waals surface area contributed by atoms with E-state index in [1.165, 1.54) is 5.69 Å². The minimum Gasteiger partial charge on any atom is -0.357 e. The van der Waals surface area contributed by atoms with E-state index in [1.807, 2.05) is 24.3 Å². The fourth-order valence-electron chi connectivity index (χ4n) is 2.84. The zero-order valence-corrected chi connectivity index (χ0v) is 15.2. The Morgan fingerprint density at radius 1 is 1.28 bits per heavy atom. The van der Waals surface area contributed by atoms with Gasteiger partial charge in [0.1, 0.15) is 5.82 Å². The van der Waals surface area contributed by atoms with Crippen molar-refractivity contribution in [2.45, 2.75) is 19.9 Å². The van der Waals surface area contributed by atoms with Gasteiger partial charge in [0.05, 0.1) is 17.6 Å². The van der Waals surface area contributed by atoms with Gasteiger partial charge in [-0.15, -0.1) is 0 Å². The fraction of sp³-hybridized carbons (Fsp3) is 0.368. The summed E-state index contributed by atoms with van der Waals surface area (Å²) in [5.74, 6) is 1.89. The number of aromatic amines is 1. The molecule has 0 unspecified atom stereocenters. The predicted octanol–water partition coefficient (Wildman–Crippen LogP) is 2.54. The van der Waals surface area contributed by atoms with E-state index in [9.17, 15) is 0 Å². The summed E-state index contributed by atoms with van der Waals surface area (Å²) < 4.78 is 2.13. The van der Waals surface area contributed by atoms with Gasteiger partial charge in [0, 0.05) is 45.5 Å². The van der Waals surface area contributed by atoms with Crippen LogP contribution in [0.3, 0.4) is 0 Å². The highest BCUT2D eigenvalue weighted by Crippen LogP contribution is 2.10. The van der Waals surface area contributed by atoms with Gasteiger partial charge in [-0.1, -0.05) is 12.1 Å². The van der Waals surface area contributed by atoms with E-state index in [0.717, 1.165) is 42.3 Å². The Balaban J connectivity index is 1.64. The van der Waals surface area contributed by atoms with E-state index in [2.05, 4.69) is 64.1 Å². The van der Waals surface area contributed by atoms with Crippen molar-refractivity contribution in [2.24, 2.45) is 12.0 Å². The summed E-state index contributed by atoms with van der Waals surface area (Å²) in [5, 5.41) is 3.36. The lowest BCUT2D eigenvalue weighted by Crippen LogP contribution is -2.39. The van der Waals surface area contributed by atoms with Gasteiger partial charge in [-0.05, 0) is 31.2 Å². The summed E-state index contributed by atoms with van der Waals surface area (Å²) in [6.07, 6.45) is 2.86. The van der Waals surface area contributed by atoms with Gasteiger partial charge in [-0.25, -0.2) is 4.98 Å². The number of benzene rings is 1. The lowest BCUT2D eigenvalue weighted by molar-refractivity contribution is 0.462. The third kappa shape index (κ3) is 4.21. The molecule has 0 atom stereocenters. The van der Waals surface area contributed by atoms with Crippen molar-refractivity contribution in [3.63, 3.8) is 0 Å². The number of hydrogen-bond donors (Lipinski definition) is 2. The molecule has 0 amide bonds. The standard InChI is InChI=1S/C19H26N6/c1-4-20-19(25(3)14-15-8-7-13-24(15)2)21-12-11-18-22-16-9-5-6-10-17(16)23-18/h5-10,13H,4,11-12,14H2,1-3H3,(H,20,21)(H,22,23). The van der Waals surface area contributed by atoms with Gasteiger partial charge in [0.2, 0.25) is 0 Å². The molecule has 3 aromatic rings. The Hall–Kier alpha value is -2.76. The number of nitrogens with zero attached hydrogens (tertiary/aromatic N) is 4. The van der Waals surface area contributed by atoms with E-state index < -0.39 is 0 Å². The molecule has 2 aromatic heterocycles. The minimum absolute atomic E-state index is 0.694. The third-order valence-corrected chi connectivity index (χ3v) is 4.20. The number of aliphatic imine (C=N–C) groups is 1. The summed E-state index contributed by atoms with van der Waals surface area (Å²) in [6, 6.07) is 12.3. The maximum Gasteiger partial charge on any atom is 0.194 e. The Labute approximate surface area is 148 Å². The van der Waals surface area contributed by atoms with Crippen molar-refractivity contribution < 1.29 is 0 Å². The van der Waals surface area contributed by atoms with Crippen LogP contribution in [0.4, 0.5) is 0 Å². The van der Waals surface area contributed by atoms with Crippen LogP contribution in [-0.4, -0.2) is 45.5 Å². The van der Waals surface area contributed by atoms with Crippen molar-refractivity contribution in [1.29, 1.82) is 0 Å². The topological polar surface area (TPSA) is 61.2 Å². The smallest absolute Gasteiger partial charge is 0.194 e. The number of hydrogen-bond acceptors (Lipinski definition) is 2. The molecule has 25 heavy (non-hydrogen) atoms. The number of para-hydroxylation sites is 2. The van der Waals surface area contributed by atoms with E-state index >= 15 is 0 Å². The second kappa shape index (κ2) is 7.88. The number of guanidine groups is 1. The highest BCUT2D eigenvalue weighted by molar-refractivity contribution is 5.79. The van der Waals surface area contributed by atoms with Crippen LogP contribution in [0, 0.1) is 0 Å². The maximum atomic E-state index is 4.75. The van der Waals surface area contributed by atoms with Gasteiger partial charge in [0.25, 0.3) is 0 Å². The van der Waals surface area contributed by atoms with E-state index in [0.29, 0.717) is 6.54 Å². The first-order valence-corrected chi connectivity index (χ1v) is 8.70. The minimum atomic E-state index is 0.694. The van der Waals surface area contributed by atoms with Gasteiger partial charge in [0.15, 0.2) is 5.96 Å². The number of nitrogens with one attached hydrogen (secondary N) is 2. The van der Waals surface area contributed by atoms with Crippen molar-refractivity contribution in [2.75, 3.05) is 20.1 Å². The zero-order valence-electron chi connectivity index (χ0n) is 15.2. The first kappa shape index (κ1) is 17.1. The van der Waals surface area contributed by atoms with E-state index in [1.54, 1.807) is 0 Å². The summed E-state index contributed by atoms with van der Waals surface area (Å²) in [6.45, 7) is 4.45. The van der Waals surface area contributed by atoms with Gasteiger partial charge < -0.3 is 19.8 Å². The monoisotopic (exact) mass is 338 g/mol. The molecule has 0 saturated heterocycles. The number of rotatable bonds is 6. The molecule has 2 N–H and O–H groups in total. The van der Waals surface area contributed by atoms with Crippen LogP contribution in [0.15, 0.2) is 47.6 Å². The molecular weight excluding hydrogens is 312 g/mol. The average molecular weight is 338 g/mol. The Kier molecular flexibility index (Phi) is 5.38. The summed E-state index contributed by atoms with van der Waals surface area (Å²) in [7, 11) is 4.13. The first-order valence-electron chi connectivity index (χ1n) is 8.70. The summed E-state index contributed by atoms with van der Waals surface area (Å²) >= 11 is 0. The quantitative estimate of drug-likeness (QED) is 0.536. The van der Waals surface area contributed by atoms with Crippen LogP contribution in [-0.2, 0) is 20.0 Å². The lowest BCUT2D eigenvalue weighted by Gasteiger charge is -2.22. The van der Waals surface area contributed by atoms with Crippen LogP contribution in [0.2, 0.25) is 0 Å². The highest BCUT2D eigenvalue weighted by atomic mass is 15.3. The molecule has 0 radical (unpaired) electrons. The number of aromatic nitrogens is 3. The van der Waals surface area contributed by atoms with Crippen molar-refractivity contribution >= 4 is 17.0 Å². The van der Waals surface area contributed by atoms with E-state index in [-0.39, 0.29) is 0 Å². The number of fused-ring (bicyclic) bond motifs is 1. The van der Waals surface area contributed by atoms with Crippen LogP contribution in [0.25, 0.3) is 11.0 Å². The molecule has 0 bridgehead atoms. The normalized spacial score (nSPS) is 11.9. The first-order chi connectivity index (χ1) is 12.2. The van der Waals surface area contributed by atoms with Crippen LogP contribution in [0.5, 0.6) is 0 Å². The van der Waals surface area contributed by atoms with E-state index in [4.69, 9.17) is 4.99 Å². The van der Waals surface area contributed by atoms with Crippen LogP contribution < -0.4 is 5.32 Å². The largest absolute Gasteiger partial charge is 0.357 e. The molecule has 0 aliphatic rings. The molecule has 0 fully saturated rings. The van der Waals surface area contributed by atoms with Crippen LogP contribution in [0.1, 0.15) is 18.4 Å². The molecule has 2 heterocycles. The van der Waals surface area contributed by atoms with Crippen molar-refractivity contribution in [1.82, 2.24) is 24.8 Å². The van der Waals surface area contributed by atoms with Crippen molar-refractivity contribution in [3.05, 3.63) is 54.1 Å². The Morgan fingerprint density at radius 3 is 2.84 bits per heavy atom. The highest BCUT2D eigenvalue weighted by Gasteiger charge is 2.08. The molecule has 6 heteroatoms. The second-order valence-electron chi connectivity index (χ2n) is 6.15. The molecule has 0 saturated carbocycles. The third-order valence-electron chi connectivity index (χ3n) is 4.20. The van der Waals surface area contributed by atoms with Gasteiger partial charge in [-0.2, -0.15) is 0 Å². The summed E-state index contributed by atoms with van der Waals surface area (Å²) in [4.78, 5) is 14.9. The molecule has 0 spiro atoms. The molecule has 132 valence electrons. The molecule has 0 aliphatic heterocycles. The predicted molar refractivity (Wildman–Crippen MR) is 103 cm³/mol. The SMILES string of the molecule is CCNC(=NCCc1nc2ccccc2[nH]1)N(C)Cc1cccn1C. The fourth-order valence-corrected chi connectivity index (χ4v) is 2.84. The summed E-state index contributed by atoms with van der Waals surface area (Å²) in [5.41, 5.74) is 3.34. The zero-order chi connectivity index (χ0) is 17.6. The van der Waals surface area contributed by atoms with Crippen LogP contribution >= 0.6 is 0 Å². The molecule has 0 aliphatic carbocycles. The Bertz CT molecular complexity index is 811. The second-order valence-corrected chi connectivity index (χ2v) is 6.15. The number of imidazole rings is 1. The molecule has 6 nitrogen and oxygen atoms in total. The van der Waals surface area contributed by atoms with Crippen molar-refractivity contribution in [3.8, 4) is 0 Å². The number of H-pyrrole nitrogens is 1. The molecule has 3 rings (SSSR count). The lowest BCUT2D eigenvalue weighted by atomic mass is 10.3. The van der Waals surface area contributed by atoms with Gasteiger partial charge in [-0.3, -0.25) is 4.99 Å². The Morgan fingerprint density at radius 2 is 2.12 bits per heavy atom.